The maximum absolute atomic E-state index is 15.7. The third kappa shape index (κ3) is 12.1. The molecular formula is C53H46ClFO12. The molecule has 6 aromatic rings. The van der Waals surface area contributed by atoms with E-state index in [1.54, 1.807) is 97.1 Å². The molecule has 0 bridgehead atoms. The van der Waals surface area contributed by atoms with Gasteiger partial charge in [0.25, 0.3) is 0 Å². The number of carbonyl (C=O) groups is 5. The van der Waals surface area contributed by atoms with E-state index < -0.39 is 72.5 Å². The molecule has 0 saturated carbocycles. The molecule has 0 amide bonds. The van der Waals surface area contributed by atoms with Crippen LogP contribution in [-0.2, 0) is 52.7 Å². The minimum absolute atomic E-state index is 0.0278. The van der Waals surface area contributed by atoms with Crippen molar-refractivity contribution in [3.8, 4) is 5.75 Å². The Morgan fingerprint density at radius 3 is 1.61 bits per heavy atom. The summed E-state index contributed by atoms with van der Waals surface area (Å²) in [7, 11) is 0. The molecule has 7 rings (SSSR count). The van der Waals surface area contributed by atoms with Crippen molar-refractivity contribution in [2.24, 2.45) is 0 Å². The smallest absolute Gasteiger partial charge is 0.338 e. The molecule has 6 aromatic carbocycles. The first kappa shape index (κ1) is 47.6. The van der Waals surface area contributed by atoms with Gasteiger partial charge < -0.3 is 33.2 Å². The van der Waals surface area contributed by atoms with Gasteiger partial charge in [-0.2, -0.15) is 0 Å². The third-order valence-electron chi connectivity index (χ3n) is 10.8. The van der Waals surface area contributed by atoms with Gasteiger partial charge in [0.1, 0.15) is 30.4 Å². The maximum atomic E-state index is 15.7. The molecule has 6 atom stereocenters. The number of benzene rings is 6. The summed E-state index contributed by atoms with van der Waals surface area (Å²) in [5.74, 6) is -4.56. The fourth-order valence-electron chi connectivity index (χ4n) is 7.36. The van der Waals surface area contributed by atoms with E-state index in [-0.39, 0.29) is 57.2 Å². The van der Waals surface area contributed by atoms with E-state index in [1.165, 1.54) is 68.4 Å². The highest BCUT2D eigenvalue weighted by Gasteiger charge is 2.56. The minimum Gasteiger partial charge on any atom is -0.461 e. The molecule has 0 N–H and O–H groups in total. The predicted octanol–water partition coefficient (Wildman–Crippen LogP) is 9.72. The van der Waals surface area contributed by atoms with Crippen molar-refractivity contribution >= 4 is 41.4 Å². The summed E-state index contributed by atoms with van der Waals surface area (Å²) in [5, 5.41) is 0.0932. The van der Waals surface area contributed by atoms with Crippen molar-refractivity contribution in [3.63, 3.8) is 0 Å². The normalized spacial score (nSPS) is 18.1. The van der Waals surface area contributed by atoms with Crippen LogP contribution in [0.2, 0.25) is 5.02 Å². The SMILES string of the molecule is CCc1ccc(Cc2c(Cl)cc(COC(C)=O)cc2O[C@@H]2O[C@H]([C@@H](C)OC(=O)c3ccccc3)[C@@H](OC(=O)c3ccccc3)[C@H](OC(=O)c3ccccc3)[C@H]2OC(=O)c2ccccc2)c(F)c1. The standard InChI is InChI=1S/C53H46ClFO12/c1-4-34-25-26-40(43(55)28-34)30-41-42(54)27-35(31-61-33(3)56)29-44(41)63-53-48(66-52(60)39-23-15-8-16-24-39)47(65-51(59)38-21-13-7-14-22-38)46(64-50(58)37-19-11-6-12-20-37)45(67-53)32(2)62-49(57)36-17-9-5-10-18-36/h5-29,32,45-48,53H,4,30-31H2,1-3H3/t32-,45-,46-,47+,48-,53-/m1/s1. The van der Waals surface area contributed by atoms with Crippen molar-refractivity contribution in [2.75, 3.05) is 0 Å². The van der Waals surface area contributed by atoms with E-state index >= 15 is 4.39 Å². The van der Waals surface area contributed by atoms with Crippen molar-refractivity contribution < 1.29 is 61.5 Å². The number of hydrogen-bond donors (Lipinski definition) is 0. The highest BCUT2D eigenvalue weighted by Crippen LogP contribution is 2.38. The van der Waals surface area contributed by atoms with Crippen LogP contribution in [0.15, 0.2) is 152 Å². The number of aryl methyl sites for hydroxylation is 1. The zero-order valence-corrected chi connectivity index (χ0v) is 37.4. The van der Waals surface area contributed by atoms with Crippen molar-refractivity contribution in [3.05, 3.63) is 207 Å². The summed E-state index contributed by atoms with van der Waals surface area (Å²) in [6.07, 6.45) is -9.25. The Kier molecular flexibility index (Phi) is 15.8. The quantitative estimate of drug-likeness (QED) is 0.0672. The highest BCUT2D eigenvalue weighted by molar-refractivity contribution is 6.31. The van der Waals surface area contributed by atoms with Crippen LogP contribution in [0, 0.1) is 5.82 Å². The molecule has 12 nitrogen and oxygen atoms in total. The Balaban J connectivity index is 1.39. The van der Waals surface area contributed by atoms with Gasteiger partial charge in [-0.15, -0.1) is 0 Å². The van der Waals surface area contributed by atoms with Gasteiger partial charge in [0.2, 0.25) is 12.4 Å². The second-order valence-corrected chi connectivity index (χ2v) is 16.0. The van der Waals surface area contributed by atoms with Crippen LogP contribution < -0.4 is 4.74 Å². The molecule has 14 heteroatoms. The first-order valence-corrected chi connectivity index (χ1v) is 21.8. The first-order valence-electron chi connectivity index (χ1n) is 21.5. The van der Waals surface area contributed by atoms with E-state index in [0.29, 0.717) is 12.0 Å². The average Bonchev–Trinajstić information content (AvgIpc) is 3.34. The van der Waals surface area contributed by atoms with Gasteiger partial charge in [0, 0.05) is 23.9 Å². The summed E-state index contributed by atoms with van der Waals surface area (Å²) in [4.78, 5) is 68.0. The topological polar surface area (TPSA) is 150 Å². The lowest BCUT2D eigenvalue weighted by Gasteiger charge is -2.45. The second-order valence-electron chi connectivity index (χ2n) is 15.6. The van der Waals surface area contributed by atoms with Gasteiger partial charge in [-0.05, 0) is 96.8 Å². The molecule has 0 spiro atoms. The highest BCUT2D eigenvalue weighted by atomic mass is 35.5. The summed E-state index contributed by atoms with van der Waals surface area (Å²) >= 11 is 6.97. The van der Waals surface area contributed by atoms with Crippen molar-refractivity contribution in [1.29, 1.82) is 0 Å². The Hall–Kier alpha value is -7.35. The molecule has 0 radical (unpaired) electrons. The molecule has 344 valence electrons. The van der Waals surface area contributed by atoms with Gasteiger partial charge in [-0.25, -0.2) is 23.6 Å². The van der Waals surface area contributed by atoms with Crippen LogP contribution in [0.5, 0.6) is 5.75 Å². The predicted molar refractivity (Wildman–Crippen MR) is 243 cm³/mol. The Bertz CT molecular complexity index is 2680. The van der Waals surface area contributed by atoms with E-state index in [9.17, 15) is 24.0 Å². The van der Waals surface area contributed by atoms with Crippen LogP contribution in [0.25, 0.3) is 0 Å². The van der Waals surface area contributed by atoms with Gasteiger partial charge in [-0.1, -0.05) is 103 Å². The van der Waals surface area contributed by atoms with E-state index in [4.69, 9.17) is 44.8 Å². The van der Waals surface area contributed by atoms with E-state index in [1.807, 2.05) is 6.92 Å². The fourth-order valence-corrected chi connectivity index (χ4v) is 7.66. The number of hydrogen-bond acceptors (Lipinski definition) is 12. The van der Waals surface area contributed by atoms with Crippen LogP contribution >= 0.6 is 11.6 Å². The van der Waals surface area contributed by atoms with Gasteiger partial charge >= 0.3 is 29.8 Å². The maximum Gasteiger partial charge on any atom is 0.338 e. The Morgan fingerprint density at radius 1 is 0.627 bits per heavy atom. The van der Waals surface area contributed by atoms with Gasteiger partial charge in [0.05, 0.1) is 22.3 Å². The Labute approximate surface area is 391 Å². The molecule has 1 heterocycles. The summed E-state index contributed by atoms with van der Waals surface area (Å²) in [6, 6.07) is 39.9. The summed E-state index contributed by atoms with van der Waals surface area (Å²) < 4.78 is 59.1. The number of ether oxygens (including phenoxy) is 7. The van der Waals surface area contributed by atoms with Crippen LogP contribution in [0.3, 0.4) is 0 Å². The lowest BCUT2D eigenvalue weighted by Crippen LogP contribution is -2.65. The third-order valence-corrected chi connectivity index (χ3v) is 11.2. The van der Waals surface area contributed by atoms with Crippen molar-refractivity contribution in [1.82, 2.24) is 0 Å². The van der Waals surface area contributed by atoms with Crippen LogP contribution in [0.1, 0.15) is 84.5 Å². The van der Waals surface area contributed by atoms with Gasteiger partial charge in [0.15, 0.2) is 12.2 Å². The monoisotopic (exact) mass is 928 g/mol. The number of esters is 5. The zero-order valence-electron chi connectivity index (χ0n) is 36.7. The first-order chi connectivity index (χ1) is 32.4. The molecule has 0 aliphatic carbocycles. The molecule has 1 aliphatic heterocycles. The minimum atomic E-state index is -1.78. The molecule has 67 heavy (non-hydrogen) atoms. The van der Waals surface area contributed by atoms with E-state index in [2.05, 4.69) is 0 Å². The van der Waals surface area contributed by atoms with Crippen LogP contribution in [0.4, 0.5) is 4.39 Å². The second kappa shape index (κ2) is 22.2. The van der Waals surface area contributed by atoms with E-state index in [0.717, 1.165) is 5.56 Å². The zero-order chi connectivity index (χ0) is 47.5. The number of halogens is 2. The van der Waals surface area contributed by atoms with Crippen molar-refractivity contribution in [2.45, 2.75) is 77.0 Å². The number of carbonyl (C=O) groups excluding carboxylic acids is 5. The molecule has 0 unspecified atom stereocenters. The average molecular weight is 929 g/mol. The molecule has 1 fully saturated rings. The lowest BCUT2D eigenvalue weighted by atomic mass is 9.94. The molecule has 0 aromatic heterocycles. The molecular weight excluding hydrogens is 883 g/mol. The lowest BCUT2D eigenvalue weighted by molar-refractivity contribution is -0.284. The summed E-state index contributed by atoms with van der Waals surface area (Å²) in [5.41, 5.74) is 2.14. The molecule has 1 saturated heterocycles. The molecule has 1 aliphatic rings. The summed E-state index contributed by atoms with van der Waals surface area (Å²) in [6.45, 7) is 4.39. The fraction of sp³-hybridized carbons (Fsp3) is 0.226. The van der Waals surface area contributed by atoms with Gasteiger partial charge in [-0.3, -0.25) is 4.79 Å². The largest absolute Gasteiger partial charge is 0.461 e. The number of rotatable bonds is 16. The Morgan fingerprint density at radius 2 is 1.12 bits per heavy atom. The van der Waals surface area contributed by atoms with Crippen LogP contribution in [-0.4, -0.2) is 66.7 Å².